The average molecular weight is 251 g/mol. The lowest BCUT2D eigenvalue weighted by atomic mass is 10.3. The van der Waals surface area contributed by atoms with E-state index in [9.17, 15) is 4.79 Å². The number of rotatable bonds is 5. The fraction of sp³-hybridized carbons (Fsp3) is 0.625. The molecule has 1 heterocycles. The lowest BCUT2D eigenvalue weighted by molar-refractivity contribution is -0.116. The molecule has 1 rings (SSSR count). The monoisotopic (exact) mass is 250 g/mol. The minimum atomic E-state index is -0.0470. The largest absolute Gasteiger partial charge is 0.330 e. The molecule has 0 aliphatic heterocycles. The molecule has 1 aromatic heterocycles. The maximum absolute atomic E-state index is 11.2. The summed E-state index contributed by atoms with van der Waals surface area (Å²) < 4.78 is 0. The van der Waals surface area contributed by atoms with Gasteiger partial charge in [0.25, 0.3) is 0 Å². The van der Waals surface area contributed by atoms with Gasteiger partial charge in [0, 0.05) is 6.42 Å². The molecule has 0 bridgehead atoms. The summed E-state index contributed by atoms with van der Waals surface area (Å²) in [5.74, 6) is -0.0470. The minimum absolute atomic E-state index is 0. The molecule has 7 heteroatoms. The Kier molecular flexibility index (Phi) is 7.19. The fourth-order valence-electron chi connectivity index (χ4n) is 0.891. The highest BCUT2D eigenvalue weighted by molar-refractivity contribution is 7.15. The van der Waals surface area contributed by atoms with Crippen LogP contribution in [0, 0.1) is 0 Å². The van der Waals surface area contributed by atoms with Gasteiger partial charge in [-0.3, -0.25) is 4.79 Å². The highest BCUT2D eigenvalue weighted by atomic mass is 35.5. The summed E-state index contributed by atoms with van der Waals surface area (Å²) in [7, 11) is 0. The van der Waals surface area contributed by atoms with Crippen LogP contribution in [0.3, 0.4) is 0 Å². The molecule has 0 spiro atoms. The van der Waals surface area contributed by atoms with Crippen molar-refractivity contribution in [1.29, 1.82) is 0 Å². The first-order chi connectivity index (χ1) is 6.76. The highest BCUT2D eigenvalue weighted by Gasteiger charge is 2.06. The van der Waals surface area contributed by atoms with Crippen LogP contribution in [0.2, 0.25) is 0 Å². The molecule has 1 aromatic rings. The standard InChI is InChI=1S/C8H14N4OS.ClH/c1-2-7-11-12-8(14-7)10-6(13)4-3-5-9;/h2-5,9H2,1H3,(H,10,12,13);1H. The number of halogens is 1. The quantitative estimate of drug-likeness (QED) is 0.823. The van der Waals surface area contributed by atoms with E-state index in [1.54, 1.807) is 0 Å². The topological polar surface area (TPSA) is 80.9 Å². The van der Waals surface area contributed by atoms with E-state index in [-0.39, 0.29) is 18.3 Å². The smallest absolute Gasteiger partial charge is 0.226 e. The van der Waals surface area contributed by atoms with Crippen molar-refractivity contribution < 1.29 is 4.79 Å². The Labute approximate surface area is 98.9 Å². The molecule has 0 aliphatic carbocycles. The van der Waals surface area contributed by atoms with Crippen molar-refractivity contribution in [3.63, 3.8) is 0 Å². The zero-order valence-corrected chi connectivity index (χ0v) is 10.2. The van der Waals surface area contributed by atoms with Crippen LogP contribution in [0.1, 0.15) is 24.8 Å². The number of nitrogens with one attached hydrogen (secondary N) is 1. The Morgan fingerprint density at radius 2 is 2.27 bits per heavy atom. The van der Waals surface area contributed by atoms with Crippen molar-refractivity contribution in [2.75, 3.05) is 11.9 Å². The first kappa shape index (κ1) is 14.3. The molecule has 3 N–H and O–H groups in total. The number of nitrogens with zero attached hydrogens (tertiary/aromatic N) is 2. The van der Waals surface area contributed by atoms with Crippen LogP contribution in [0.25, 0.3) is 0 Å². The van der Waals surface area contributed by atoms with Crippen LogP contribution in [0.4, 0.5) is 5.13 Å². The van der Waals surface area contributed by atoms with Gasteiger partial charge in [-0.15, -0.1) is 22.6 Å². The number of carbonyl (C=O) groups is 1. The van der Waals surface area contributed by atoms with Gasteiger partial charge in [-0.1, -0.05) is 18.3 Å². The third-order valence-electron chi connectivity index (χ3n) is 1.62. The molecule has 1 amide bonds. The molecule has 0 radical (unpaired) electrons. The molecule has 0 aromatic carbocycles. The van der Waals surface area contributed by atoms with Gasteiger partial charge in [0.1, 0.15) is 5.01 Å². The second-order valence-electron chi connectivity index (χ2n) is 2.79. The van der Waals surface area contributed by atoms with Crippen LogP contribution in [0.5, 0.6) is 0 Å². The van der Waals surface area contributed by atoms with Gasteiger partial charge in [0.05, 0.1) is 0 Å². The number of aryl methyl sites for hydroxylation is 1. The van der Waals surface area contributed by atoms with Crippen LogP contribution in [-0.4, -0.2) is 22.6 Å². The molecule has 5 nitrogen and oxygen atoms in total. The first-order valence-corrected chi connectivity index (χ1v) is 5.40. The third kappa shape index (κ3) is 5.06. The van der Waals surface area contributed by atoms with E-state index >= 15 is 0 Å². The maximum atomic E-state index is 11.2. The predicted molar refractivity (Wildman–Crippen MR) is 63.5 cm³/mol. The minimum Gasteiger partial charge on any atom is -0.330 e. The average Bonchev–Trinajstić information content (AvgIpc) is 2.62. The summed E-state index contributed by atoms with van der Waals surface area (Å²) >= 11 is 1.41. The van der Waals surface area contributed by atoms with Crippen molar-refractivity contribution in [2.24, 2.45) is 5.73 Å². The summed E-state index contributed by atoms with van der Waals surface area (Å²) in [5, 5.41) is 11.9. The SMILES string of the molecule is CCc1nnc(NC(=O)CCCN)s1.Cl. The molecule has 0 saturated carbocycles. The van der Waals surface area contributed by atoms with E-state index in [2.05, 4.69) is 15.5 Å². The number of hydrogen-bond donors (Lipinski definition) is 2. The van der Waals surface area contributed by atoms with Crippen LogP contribution in [0.15, 0.2) is 0 Å². The third-order valence-corrected chi connectivity index (χ3v) is 2.61. The molecular formula is C8H15ClN4OS. The molecule has 0 atom stereocenters. The van der Waals surface area contributed by atoms with E-state index in [4.69, 9.17) is 5.73 Å². The summed E-state index contributed by atoms with van der Waals surface area (Å²) in [6.45, 7) is 2.53. The van der Waals surface area contributed by atoms with Crippen molar-refractivity contribution >= 4 is 34.8 Å². The molecule has 86 valence electrons. The fourth-order valence-corrected chi connectivity index (χ4v) is 1.59. The second kappa shape index (κ2) is 7.56. The van der Waals surface area contributed by atoms with E-state index < -0.39 is 0 Å². The summed E-state index contributed by atoms with van der Waals surface area (Å²) in [6.07, 6.45) is 1.99. The van der Waals surface area contributed by atoms with Crippen molar-refractivity contribution in [3.05, 3.63) is 5.01 Å². The number of amides is 1. The molecule has 0 aliphatic rings. The Morgan fingerprint density at radius 1 is 1.53 bits per heavy atom. The number of nitrogens with two attached hydrogens (primary N) is 1. The normalized spacial score (nSPS) is 9.47. The van der Waals surface area contributed by atoms with Gasteiger partial charge in [-0.2, -0.15) is 0 Å². The number of aromatic nitrogens is 2. The zero-order valence-electron chi connectivity index (χ0n) is 8.52. The lowest BCUT2D eigenvalue weighted by Gasteiger charge is -1.98. The predicted octanol–water partition coefficient (Wildman–Crippen LogP) is 1.20. The Balaban J connectivity index is 0.00000196. The number of hydrogen-bond acceptors (Lipinski definition) is 5. The van der Waals surface area contributed by atoms with Crippen molar-refractivity contribution in [2.45, 2.75) is 26.2 Å². The van der Waals surface area contributed by atoms with Gasteiger partial charge in [0.2, 0.25) is 11.0 Å². The van der Waals surface area contributed by atoms with Crippen molar-refractivity contribution in [1.82, 2.24) is 10.2 Å². The summed E-state index contributed by atoms with van der Waals surface area (Å²) in [5.41, 5.74) is 5.29. The van der Waals surface area contributed by atoms with Crippen molar-refractivity contribution in [3.8, 4) is 0 Å². The van der Waals surface area contributed by atoms with Crippen LogP contribution < -0.4 is 11.1 Å². The van der Waals surface area contributed by atoms with Crippen LogP contribution in [-0.2, 0) is 11.2 Å². The molecular weight excluding hydrogens is 236 g/mol. The van der Waals surface area contributed by atoms with E-state index in [1.165, 1.54) is 11.3 Å². The van der Waals surface area contributed by atoms with E-state index in [0.29, 0.717) is 24.5 Å². The van der Waals surface area contributed by atoms with E-state index in [0.717, 1.165) is 11.4 Å². The van der Waals surface area contributed by atoms with E-state index in [1.807, 2.05) is 6.92 Å². The van der Waals surface area contributed by atoms with Gasteiger partial charge >= 0.3 is 0 Å². The molecule has 0 fully saturated rings. The zero-order chi connectivity index (χ0) is 10.4. The number of carbonyl (C=O) groups excluding carboxylic acids is 1. The second-order valence-corrected chi connectivity index (χ2v) is 3.86. The highest BCUT2D eigenvalue weighted by Crippen LogP contribution is 2.15. The van der Waals surface area contributed by atoms with Gasteiger partial charge in [-0.25, -0.2) is 0 Å². The first-order valence-electron chi connectivity index (χ1n) is 4.58. The van der Waals surface area contributed by atoms with Gasteiger partial charge in [-0.05, 0) is 19.4 Å². The van der Waals surface area contributed by atoms with Gasteiger partial charge in [0.15, 0.2) is 0 Å². The summed E-state index contributed by atoms with van der Waals surface area (Å²) in [6, 6.07) is 0. The Bertz CT molecular complexity index is 305. The number of anilines is 1. The Hall–Kier alpha value is -0.720. The molecule has 15 heavy (non-hydrogen) atoms. The molecule has 0 unspecified atom stereocenters. The lowest BCUT2D eigenvalue weighted by Crippen LogP contribution is -2.13. The molecule has 0 saturated heterocycles. The summed E-state index contributed by atoms with van der Waals surface area (Å²) in [4.78, 5) is 11.2. The maximum Gasteiger partial charge on any atom is 0.226 e. The Morgan fingerprint density at radius 3 is 2.80 bits per heavy atom. The van der Waals surface area contributed by atoms with Crippen LogP contribution >= 0.6 is 23.7 Å². The van der Waals surface area contributed by atoms with Gasteiger partial charge < -0.3 is 11.1 Å².